The quantitative estimate of drug-likeness (QED) is 0.310. The van der Waals surface area contributed by atoms with E-state index in [1.54, 1.807) is 0 Å². The molecule has 0 bridgehead atoms. The summed E-state index contributed by atoms with van der Waals surface area (Å²) in [5, 5.41) is 14.3. The summed E-state index contributed by atoms with van der Waals surface area (Å²) >= 11 is -1.76. The number of anilines is 1. The second-order valence-corrected chi connectivity index (χ2v) is 10.00. The molecule has 0 spiro atoms. The summed E-state index contributed by atoms with van der Waals surface area (Å²) < 4.78 is 33.7. The minimum absolute atomic E-state index is 0.161. The maximum absolute atomic E-state index is 10.8. The van der Waals surface area contributed by atoms with E-state index < -0.39 is 11.1 Å². The Kier molecular flexibility index (Phi) is 6.86. The van der Waals surface area contributed by atoms with E-state index in [2.05, 4.69) is 22.0 Å². The lowest BCUT2D eigenvalue weighted by Gasteiger charge is -2.13. The van der Waals surface area contributed by atoms with Crippen LogP contribution in [0.4, 0.5) is 5.69 Å². The van der Waals surface area contributed by atoms with Crippen molar-refractivity contribution in [2.24, 2.45) is 0 Å². The average molecular weight is 480 g/mol. The second-order valence-electron chi connectivity index (χ2n) is 8.94. The van der Waals surface area contributed by atoms with Gasteiger partial charge < -0.3 is 23.9 Å². The standard InChI is InChI=1S/C26H29N3O4S/c27-16-24-23-11-10-21(33-17-22-3-1-13-32-22)15-25(23)29(20-8-9-20)26(24)18-4-6-19(7-5-18)28-12-2-14-34(30)31/h4-7,10-11,15,20,22,28H,1-3,8-9,12-14,17H2,(H,30,31)/t22-/m1/s1. The van der Waals surface area contributed by atoms with Gasteiger partial charge in [-0.1, -0.05) is 12.1 Å². The smallest absolute Gasteiger partial charge is 0.152 e. The molecule has 3 aromatic rings. The van der Waals surface area contributed by atoms with Crippen LogP contribution in [0.25, 0.3) is 22.2 Å². The van der Waals surface area contributed by atoms with Gasteiger partial charge in [0.2, 0.25) is 0 Å². The van der Waals surface area contributed by atoms with Crippen molar-refractivity contribution in [2.45, 2.75) is 44.2 Å². The SMILES string of the molecule is N#Cc1c(-c2ccc(NCCCS(=O)O)cc2)n(C2CC2)c2cc(OC[C@H]3CCCO3)ccc12. The Bertz CT molecular complexity index is 1220. The zero-order valence-corrected chi connectivity index (χ0v) is 19.9. The summed E-state index contributed by atoms with van der Waals surface area (Å²) in [6.45, 7) is 1.99. The molecule has 2 N–H and O–H groups in total. The number of benzene rings is 2. The minimum Gasteiger partial charge on any atom is -0.491 e. The van der Waals surface area contributed by atoms with Crippen molar-refractivity contribution in [1.82, 2.24) is 4.57 Å². The predicted molar refractivity (Wildman–Crippen MR) is 134 cm³/mol. The van der Waals surface area contributed by atoms with Crippen LogP contribution in [-0.2, 0) is 15.8 Å². The zero-order chi connectivity index (χ0) is 23.5. The number of rotatable bonds is 10. The Hall–Kier alpha value is -2.86. The number of nitrogens with one attached hydrogen (secondary N) is 1. The van der Waals surface area contributed by atoms with Crippen LogP contribution in [-0.4, -0.2) is 44.9 Å². The molecule has 178 valence electrons. The fourth-order valence-corrected chi connectivity index (χ4v) is 5.02. The number of nitriles is 1. The Labute approximate surface area is 202 Å². The molecule has 2 heterocycles. The Morgan fingerprint density at radius 3 is 2.71 bits per heavy atom. The monoisotopic (exact) mass is 479 g/mol. The maximum atomic E-state index is 10.8. The van der Waals surface area contributed by atoms with E-state index >= 15 is 0 Å². The lowest BCUT2D eigenvalue weighted by molar-refractivity contribution is 0.0680. The van der Waals surface area contributed by atoms with Gasteiger partial charge in [0, 0.05) is 36.3 Å². The lowest BCUT2D eigenvalue weighted by atomic mass is 10.1. The third kappa shape index (κ3) is 4.97. The molecule has 7 nitrogen and oxygen atoms in total. The fourth-order valence-electron chi connectivity index (χ4n) is 4.63. The van der Waals surface area contributed by atoms with E-state index in [9.17, 15) is 9.47 Å². The summed E-state index contributed by atoms with van der Waals surface area (Å²) in [5.41, 5.74) is 4.64. The van der Waals surface area contributed by atoms with Gasteiger partial charge >= 0.3 is 0 Å². The molecule has 1 aromatic heterocycles. The van der Waals surface area contributed by atoms with E-state index in [1.165, 1.54) is 0 Å². The normalized spacial score (nSPS) is 18.6. The van der Waals surface area contributed by atoms with E-state index in [0.717, 1.165) is 65.9 Å². The molecule has 8 heteroatoms. The highest BCUT2D eigenvalue weighted by molar-refractivity contribution is 7.79. The molecular formula is C26H29N3O4S. The summed E-state index contributed by atoms with van der Waals surface area (Å²) in [7, 11) is 0. The zero-order valence-electron chi connectivity index (χ0n) is 19.0. The highest BCUT2D eigenvalue weighted by Gasteiger charge is 2.31. The molecule has 34 heavy (non-hydrogen) atoms. The molecule has 2 atom stereocenters. The first-order valence-corrected chi connectivity index (χ1v) is 13.2. The van der Waals surface area contributed by atoms with Crippen molar-refractivity contribution in [1.29, 1.82) is 5.26 Å². The summed E-state index contributed by atoms with van der Waals surface area (Å²) in [5.74, 6) is 1.07. The molecule has 5 rings (SSSR count). The fraction of sp³-hybridized carbons (Fsp3) is 0.423. The second kappa shape index (κ2) is 10.2. The van der Waals surface area contributed by atoms with Gasteiger partial charge in [-0.05, 0) is 61.9 Å². The maximum Gasteiger partial charge on any atom is 0.152 e. The van der Waals surface area contributed by atoms with Crippen LogP contribution in [0.1, 0.15) is 43.7 Å². The topological polar surface area (TPSA) is 96.5 Å². The molecule has 1 aliphatic heterocycles. The minimum atomic E-state index is -1.76. The largest absolute Gasteiger partial charge is 0.491 e. The molecule has 0 radical (unpaired) electrons. The lowest BCUT2D eigenvalue weighted by Crippen LogP contribution is -2.16. The third-order valence-electron chi connectivity index (χ3n) is 6.44. The van der Waals surface area contributed by atoms with Crippen LogP contribution < -0.4 is 10.1 Å². The van der Waals surface area contributed by atoms with Gasteiger partial charge in [-0.15, -0.1) is 0 Å². The van der Waals surface area contributed by atoms with Gasteiger partial charge in [-0.3, -0.25) is 0 Å². The summed E-state index contributed by atoms with van der Waals surface area (Å²) in [6.07, 6.45) is 5.12. The molecule has 2 aliphatic rings. The number of nitrogens with zero attached hydrogens (tertiary/aromatic N) is 2. The van der Waals surface area contributed by atoms with Crippen LogP contribution in [0, 0.1) is 11.3 Å². The van der Waals surface area contributed by atoms with E-state index in [4.69, 9.17) is 14.0 Å². The van der Waals surface area contributed by atoms with Crippen LogP contribution >= 0.6 is 0 Å². The van der Waals surface area contributed by atoms with Crippen molar-refractivity contribution in [3.8, 4) is 23.1 Å². The molecule has 0 amide bonds. The third-order valence-corrected chi connectivity index (χ3v) is 7.08. The summed E-state index contributed by atoms with van der Waals surface area (Å²) in [6, 6.07) is 16.9. The van der Waals surface area contributed by atoms with Gasteiger partial charge in [0.05, 0.1) is 28.6 Å². The number of aromatic nitrogens is 1. The van der Waals surface area contributed by atoms with Crippen LogP contribution in [0.3, 0.4) is 0 Å². The molecule has 1 aliphatic carbocycles. The first-order chi connectivity index (χ1) is 16.6. The first-order valence-electron chi connectivity index (χ1n) is 11.9. The van der Waals surface area contributed by atoms with Gasteiger partial charge in [0.25, 0.3) is 0 Å². The van der Waals surface area contributed by atoms with Crippen LogP contribution in [0.15, 0.2) is 42.5 Å². The van der Waals surface area contributed by atoms with Crippen molar-refractivity contribution < 1.29 is 18.2 Å². The molecule has 1 unspecified atom stereocenters. The molecule has 2 aromatic carbocycles. The van der Waals surface area contributed by atoms with Crippen LogP contribution in [0.5, 0.6) is 5.75 Å². The molecule has 2 fully saturated rings. The Balaban J connectivity index is 1.42. The van der Waals surface area contributed by atoms with E-state index in [-0.39, 0.29) is 11.9 Å². The highest BCUT2D eigenvalue weighted by Crippen LogP contribution is 2.45. The van der Waals surface area contributed by atoms with Crippen molar-refractivity contribution >= 4 is 27.7 Å². The number of fused-ring (bicyclic) bond motifs is 1. The first kappa shape index (κ1) is 22.9. The van der Waals surface area contributed by atoms with Crippen molar-refractivity contribution in [2.75, 3.05) is 30.8 Å². The Morgan fingerprint density at radius 2 is 2.03 bits per heavy atom. The summed E-state index contributed by atoms with van der Waals surface area (Å²) in [4.78, 5) is 0. The van der Waals surface area contributed by atoms with E-state index in [0.29, 0.717) is 31.2 Å². The van der Waals surface area contributed by atoms with Gasteiger partial charge in [0.1, 0.15) is 18.4 Å². The van der Waals surface area contributed by atoms with Gasteiger partial charge in [-0.2, -0.15) is 5.26 Å². The van der Waals surface area contributed by atoms with Crippen molar-refractivity contribution in [3.05, 3.63) is 48.0 Å². The highest BCUT2D eigenvalue weighted by atomic mass is 32.2. The number of hydrogen-bond acceptors (Lipinski definition) is 5. The van der Waals surface area contributed by atoms with E-state index in [1.807, 2.05) is 36.4 Å². The van der Waals surface area contributed by atoms with Crippen molar-refractivity contribution in [3.63, 3.8) is 0 Å². The predicted octanol–water partition coefficient (Wildman–Crippen LogP) is 5.10. The van der Waals surface area contributed by atoms with Crippen LogP contribution in [0.2, 0.25) is 0 Å². The Morgan fingerprint density at radius 1 is 1.21 bits per heavy atom. The molecular weight excluding hydrogens is 450 g/mol. The molecule has 1 saturated carbocycles. The van der Waals surface area contributed by atoms with Gasteiger partial charge in [0.15, 0.2) is 11.1 Å². The number of hydrogen-bond donors (Lipinski definition) is 2. The number of ether oxygens (including phenoxy) is 2. The van der Waals surface area contributed by atoms with Gasteiger partial charge in [-0.25, -0.2) is 4.21 Å². The molecule has 1 saturated heterocycles. The average Bonchev–Trinajstić information content (AvgIpc) is 3.44.